The number of nitrogens with one attached hydrogen (secondary N) is 1. The van der Waals surface area contributed by atoms with Crippen LogP contribution in [0.2, 0.25) is 0 Å². The van der Waals surface area contributed by atoms with Crippen LogP contribution in [0.4, 0.5) is 17.2 Å². The van der Waals surface area contributed by atoms with Gasteiger partial charge in [0, 0.05) is 31.5 Å². The number of hydrogen-bond donors (Lipinski definition) is 1. The zero-order valence-electron chi connectivity index (χ0n) is 16.6. The maximum atomic E-state index is 12.2. The molecule has 4 aromatic rings. The molecular formula is C23H22N4O2. The van der Waals surface area contributed by atoms with Gasteiger partial charge in [-0.05, 0) is 36.4 Å². The number of rotatable bonds is 5. The molecule has 146 valence electrons. The molecule has 29 heavy (non-hydrogen) atoms. The van der Waals surface area contributed by atoms with Crippen molar-refractivity contribution in [3.8, 4) is 11.3 Å². The van der Waals surface area contributed by atoms with Crippen LogP contribution in [0.15, 0.2) is 72.9 Å². The van der Waals surface area contributed by atoms with E-state index < -0.39 is 0 Å². The monoisotopic (exact) mass is 386 g/mol. The number of nitrogens with zero attached hydrogens (tertiary/aromatic N) is 3. The van der Waals surface area contributed by atoms with Crippen molar-refractivity contribution in [2.45, 2.75) is 0 Å². The van der Waals surface area contributed by atoms with Gasteiger partial charge in [0.2, 0.25) is 0 Å². The average molecular weight is 386 g/mol. The fourth-order valence-electron chi connectivity index (χ4n) is 3.24. The minimum absolute atomic E-state index is 0.390. The van der Waals surface area contributed by atoms with Crippen LogP contribution in [0.1, 0.15) is 10.4 Å². The third kappa shape index (κ3) is 3.52. The molecule has 0 aliphatic heterocycles. The Morgan fingerprint density at radius 3 is 2.45 bits per heavy atom. The van der Waals surface area contributed by atoms with E-state index in [4.69, 9.17) is 9.72 Å². The third-order valence-corrected chi connectivity index (χ3v) is 4.77. The van der Waals surface area contributed by atoms with Crippen molar-refractivity contribution in [3.05, 3.63) is 78.5 Å². The van der Waals surface area contributed by atoms with Gasteiger partial charge in [-0.2, -0.15) is 0 Å². The van der Waals surface area contributed by atoms with E-state index in [-0.39, 0.29) is 5.97 Å². The molecule has 2 aromatic heterocycles. The largest absolute Gasteiger partial charge is 0.465 e. The molecule has 0 aliphatic carbocycles. The Morgan fingerprint density at radius 2 is 1.72 bits per heavy atom. The number of ether oxygens (including phenoxy) is 1. The van der Waals surface area contributed by atoms with E-state index in [1.54, 1.807) is 6.07 Å². The molecule has 2 aromatic carbocycles. The molecule has 0 spiro atoms. The molecule has 1 N–H and O–H groups in total. The van der Waals surface area contributed by atoms with Gasteiger partial charge < -0.3 is 15.0 Å². The van der Waals surface area contributed by atoms with E-state index >= 15 is 0 Å². The lowest BCUT2D eigenvalue weighted by Crippen LogP contribution is -2.08. The maximum Gasteiger partial charge on any atom is 0.339 e. The minimum atomic E-state index is -0.390. The van der Waals surface area contributed by atoms with E-state index in [9.17, 15) is 4.79 Å². The number of aromatic nitrogens is 2. The molecule has 6 heteroatoms. The van der Waals surface area contributed by atoms with Crippen LogP contribution in [-0.2, 0) is 4.74 Å². The number of anilines is 3. The molecule has 0 atom stereocenters. The standard InChI is InChI=1S/C23H22N4O2/c1-26(2)17-13-11-16(12-14-17)21-22(27-15-7-6-10-20(27)25-21)24-19-9-5-4-8-18(19)23(28)29-3/h4-15,24H,1-3H3. The zero-order valence-corrected chi connectivity index (χ0v) is 16.6. The van der Waals surface area contributed by atoms with Crippen molar-refractivity contribution >= 4 is 28.8 Å². The van der Waals surface area contributed by atoms with Gasteiger partial charge in [0.25, 0.3) is 0 Å². The molecule has 0 unspecified atom stereocenters. The molecule has 0 saturated carbocycles. The van der Waals surface area contributed by atoms with E-state index in [0.29, 0.717) is 11.3 Å². The van der Waals surface area contributed by atoms with Crippen LogP contribution in [0.5, 0.6) is 0 Å². The van der Waals surface area contributed by atoms with Crippen molar-refractivity contribution in [2.75, 3.05) is 31.4 Å². The first-order valence-electron chi connectivity index (χ1n) is 9.27. The van der Waals surface area contributed by atoms with Crippen LogP contribution in [-0.4, -0.2) is 36.6 Å². The molecule has 6 nitrogen and oxygen atoms in total. The first-order chi connectivity index (χ1) is 14.1. The molecule has 0 saturated heterocycles. The summed E-state index contributed by atoms with van der Waals surface area (Å²) >= 11 is 0. The Kier molecular flexibility index (Phi) is 4.91. The molecular weight excluding hydrogens is 364 g/mol. The topological polar surface area (TPSA) is 58.9 Å². The highest BCUT2D eigenvalue weighted by molar-refractivity contribution is 5.97. The van der Waals surface area contributed by atoms with Gasteiger partial charge in [-0.1, -0.05) is 30.3 Å². The summed E-state index contributed by atoms with van der Waals surface area (Å²) in [4.78, 5) is 19.1. The number of pyridine rings is 1. The van der Waals surface area contributed by atoms with Gasteiger partial charge in [-0.25, -0.2) is 9.78 Å². The summed E-state index contributed by atoms with van der Waals surface area (Å²) in [5.41, 5.74) is 4.85. The van der Waals surface area contributed by atoms with Gasteiger partial charge in [-0.3, -0.25) is 4.40 Å². The summed E-state index contributed by atoms with van der Waals surface area (Å²) in [6.45, 7) is 0. The average Bonchev–Trinajstić information content (AvgIpc) is 3.12. The van der Waals surface area contributed by atoms with Crippen LogP contribution < -0.4 is 10.2 Å². The SMILES string of the molecule is COC(=O)c1ccccc1Nc1c(-c2ccc(N(C)C)cc2)nc2ccccn12. The number of carbonyl (C=O) groups excluding carboxylic acids is 1. The molecule has 2 heterocycles. The Hall–Kier alpha value is -3.80. The normalized spacial score (nSPS) is 10.7. The second kappa shape index (κ2) is 7.67. The predicted octanol–water partition coefficient (Wildman–Crippen LogP) is 4.60. The lowest BCUT2D eigenvalue weighted by Gasteiger charge is -2.14. The second-order valence-electron chi connectivity index (χ2n) is 6.84. The second-order valence-corrected chi connectivity index (χ2v) is 6.84. The number of fused-ring (bicyclic) bond motifs is 1. The first-order valence-corrected chi connectivity index (χ1v) is 9.27. The van der Waals surface area contributed by atoms with Crippen molar-refractivity contribution in [1.29, 1.82) is 0 Å². The van der Waals surface area contributed by atoms with Gasteiger partial charge in [0.05, 0.1) is 18.4 Å². The summed E-state index contributed by atoms with van der Waals surface area (Å²) in [6, 6.07) is 21.4. The Bertz CT molecular complexity index is 1160. The van der Waals surface area contributed by atoms with Crippen LogP contribution >= 0.6 is 0 Å². The molecule has 0 aliphatic rings. The number of carbonyl (C=O) groups is 1. The van der Waals surface area contributed by atoms with Crippen LogP contribution in [0.25, 0.3) is 16.9 Å². The number of hydrogen-bond acceptors (Lipinski definition) is 5. The summed E-state index contributed by atoms with van der Waals surface area (Å²) < 4.78 is 6.90. The van der Waals surface area contributed by atoms with Gasteiger partial charge >= 0.3 is 5.97 Å². The van der Waals surface area contributed by atoms with Crippen molar-refractivity contribution in [2.24, 2.45) is 0 Å². The van der Waals surface area contributed by atoms with E-state index in [0.717, 1.165) is 28.4 Å². The number of benzene rings is 2. The number of esters is 1. The van der Waals surface area contributed by atoms with Crippen molar-refractivity contribution < 1.29 is 9.53 Å². The smallest absolute Gasteiger partial charge is 0.339 e. The quantitative estimate of drug-likeness (QED) is 0.508. The van der Waals surface area contributed by atoms with E-state index in [1.807, 2.05) is 61.1 Å². The van der Waals surface area contributed by atoms with Gasteiger partial charge in [-0.15, -0.1) is 0 Å². The Morgan fingerprint density at radius 1 is 1.00 bits per heavy atom. The molecule has 0 radical (unpaired) electrons. The number of imidazole rings is 1. The highest BCUT2D eigenvalue weighted by Crippen LogP contribution is 2.33. The fraction of sp³-hybridized carbons (Fsp3) is 0.130. The highest BCUT2D eigenvalue weighted by Gasteiger charge is 2.17. The summed E-state index contributed by atoms with van der Waals surface area (Å²) in [7, 11) is 5.40. The Balaban J connectivity index is 1.84. The predicted molar refractivity (Wildman–Crippen MR) is 116 cm³/mol. The van der Waals surface area contributed by atoms with Gasteiger partial charge in [0.15, 0.2) is 0 Å². The summed E-state index contributed by atoms with van der Waals surface area (Å²) in [6.07, 6.45) is 1.95. The number of para-hydroxylation sites is 1. The van der Waals surface area contributed by atoms with Crippen LogP contribution in [0, 0.1) is 0 Å². The summed E-state index contributed by atoms with van der Waals surface area (Å²) in [5, 5.41) is 3.40. The molecule has 0 amide bonds. The third-order valence-electron chi connectivity index (χ3n) is 4.77. The minimum Gasteiger partial charge on any atom is -0.465 e. The maximum absolute atomic E-state index is 12.2. The molecule has 0 bridgehead atoms. The molecule has 0 fully saturated rings. The lowest BCUT2D eigenvalue weighted by molar-refractivity contribution is 0.0602. The van der Waals surface area contributed by atoms with Crippen molar-refractivity contribution in [1.82, 2.24) is 9.38 Å². The fourth-order valence-corrected chi connectivity index (χ4v) is 3.24. The van der Waals surface area contributed by atoms with E-state index in [1.165, 1.54) is 7.11 Å². The lowest BCUT2D eigenvalue weighted by atomic mass is 10.1. The van der Waals surface area contributed by atoms with E-state index in [2.05, 4.69) is 34.5 Å². The Labute approximate surface area is 169 Å². The first kappa shape index (κ1) is 18.6. The van der Waals surface area contributed by atoms with Crippen molar-refractivity contribution in [3.63, 3.8) is 0 Å². The highest BCUT2D eigenvalue weighted by atomic mass is 16.5. The summed E-state index contributed by atoms with van der Waals surface area (Å²) in [5.74, 6) is 0.397. The number of methoxy groups -OCH3 is 1. The van der Waals surface area contributed by atoms with Crippen LogP contribution in [0.3, 0.4) is 0 Å². The zero-order chi connectivity index (χ0) is 20.4. The molecule has 4 rings (SSSR count). The van der Waals surface area contributed by atoms with Gasteiger partial charge in [0.1, 0.15) is 17.2 Å².